The molecule has 4 rings (SSSR count). The average molecular weight is 649 g/mol. The Hall–Kier alpha value is -5.24. The fourth-order valence-corrected chi connectivity index (χ4v) is 5.17. The zero-order chi connectivity index (χ0) is 33.8. The first kappa shape index (κ1) is 35.6. The highest BCUT2D eigenvalue weighted by Crippen LogP contribution is 2.12. The molecule has 8 nitrogen and oxygen atoms in total. The molecule has 0 unspecified atom stereocenters. The number of hydrogen-bond acceptors (Lipinski definition) is 6. The summed E-state index contributed by atoms with van der Waals surface area (Å²) < 4.78 is 10.8. The van der Waals surface area contributed by atoms with Crippen LogP contribution in [0.2, 0.25) is 0 Å². The van der Waals surface area contributed by atoms with E-state index < -0.39 is 11.9 Å². The van der Waals surface area contributed by atoms with E-state index in [2.05, 4.69) is 0 Å². The van der Waals surface area contributed by atoms with Crippen molar-refractivity contribution in [3.05, 3.63) is 144 Å². The second-order valence-corrected chi connectivity index (χ2v) is 11.5. The lowest BCUT2D eigenvalue weighted by molar-refractivity contribution is -0.147. The number of esters is 2. The first-order chi connectivity index (χ1) is 23.5. The number of carbonyl (C=O) groups excluding carboxylic acids is 4. The molecule has 0 spiro atoms. The maximum absolute atomic E-state index is 13.5. The van der Waals surface area contributed by atoms with Crippen molar-refractivity contribution in [2.24, 2.45) is 0 Å². The van der Waals surface area contributed by atoms with Crippen LogP contribution in [0.3, 0.4) is 0 Å². The zero-order valence-corrected chi connectivity index (χ0v) is 27.4. The summed E-state index contributed by atoms with van der Waals surface area (Å²) in [7, 11) is 0. The quantitative estimate of drug-likeness (QED) is 0.113. The van der Waals surface area contributed by atoms with Crippen molar-refractivity contribution in [1.82, 2.24) is 9.80 Å². The highest BCUT2D eigenvalue weighted by molar-refractivity contribution is 5.82. The van der Waals surface area contributed by atoms with E-state index in [1.165, 1.54) is 0 Å². The Morgan fingerprint density at radius 1 is 0.417 bits per heavy atom. The van der Waals surface area contributed by atoms with Gasteiger partial charge in [-0.15, -0.1) is 0 Å². The van der Waals surface area contributed by atoms with Crippen LogP contribution in [0.1, 0.15) is 47.9 Å². The number of ether oxygens (including phenoxy) is 2. The molecule has 4 aromatic carbocycles. The molecule has 0 N–H and O–H groups in total. The van der Waals surface area contributed by atoms with Crippen LogP contribution in [0, 0.1) is 0 Å². The molecular formula is C40H44N2O6. The van der Waals surface area contributed by atoms with Crippen LogP contribution in [0.25, 0.3) is 0 Å². The predicted octanol–water partition coefficient (Wildman–Crippen LogP) is 6.18. The van der Waals surface area contributed by atoms with Crippen molar-refractivity contribution in [1.29, 1.82) is 0 Å². The van der Waals surface area contributed by atoms with Gasteiger partial charge in [0.15, 0.2) is 0 Å². The Morgan fingerprint density at radius 3 is 1.06 bits per heavy atom. The minimum absolute atomic E-state index is 0.00153. The van der Waals surface area contributed by atoms with Crippen LogP contribution in [-0.4, -0.2) is 59.9 Å². The maximum Gasteiger partial charge on any atom is 0.306 e. The molecule has 2 amide bonds. The number of carbonyl (C=O) groups is 4. The fourth-order valence-electron chi connectivity index (χ4n) is 5.17. The largest absolute Gasteiger partial charge is 0.465 e. The number of benzene rings is 4. The van der Waals surface area contributed by atoms with Gasteiger partial charge in [-0.1, -0.05) is 121 Å². The molecule has 0 aliphatic rings. The summed E-state index contributed by atoms with van der Waals surface area (Å²) >= 11 is 0. The van der Waals surface area contributed by atoms with Gasteiger partial charge in [-0.05, 0) is 22.3 Å². The van der Waals surface area contributed by atoms with Gasteiger partial charge in [0.25, 0.3) is 0 Å². The molecule has 0 heterocycles. The molecule has 0 aliphatic carbocycles. The van der Waals surface area contributed by atoms with Crippen LogP contribution in [0.15, 0.2) is 121 Å². The standard InChI is InChI=1S/C40H44N2O6/c43-37(21-23-39(45)47-29-25-33-13-5-1-6-14-33)41(31-35-17-9-3-10-18-35)27-28-42(32-36-19-11-4-12-20-36)38(44)22-24-40(46)48-30-26-34-15-7-2-8-16-34/h1-20H,21-32H2. The molecular weight excluding hydrogens is 604 g/mol. The lowest BCUT2D eigenvalue weighted by atomic mass is 10.1. The van der Waals surface area contributed by atoms with E-state index in [9.17, 15) is 19.2 Å². The molecule has 4 aromatic rings. The third-order valence-corrected chi connectivity index (χ3v) is 7.86. The smallest absolute Gasteiger partial charge is 0.306 e. The Morgan fingerprint density at radius 2 is 0.729 bits per heavy atom. The summed E-state index contributed by atoms with van der Waals surface area (Å²) in [6, 6.07) is 38.7. The molecule has 0 saturated heterocycles. The van der Waals surface area contributed by atoms with E-state index in [-0.39, 0.29) is 63.8 Å². The highest BCUT2D eigenvalue weighted by atomic mass is 16.5. The van der Waals surface area contributed by atoms with Gasteiger partial charge in [-0.2, -0.15) is 0 Å². The first-order valence-electron chi connectivity index (χ1n) is 16.5. The van der Waals surface area contributed by atoms with E-state index >= 15 is 0 Å². The minimum Gasteiger partial charge on any atom is -0.465 e. The molecule has 0 radical (unpaired) electrons. The molecule has 250 valence electrons. The summed E-state index contributed by atoms with van der Waals surface area (Å²) in [5.41, 5.74) is 4.03. The van der Waals surface area contributed by atoms with Crippen molar-refractivity contribution in [3.63, 3.8) is 0 Å². The second kappa shape index (κ2) is 20.1. The van der Waals surface area contributed by atoms with Crippen molar-refractivity contribution >= 4 is 23.8 Å². The third kappa shape index (κ3) is 13.2. The molecule has 0 atom stereocenters. The van der Waals surface area contributed by atoms with E-state index in [0.717, 1.165) is 22.3 Å². The third-order valence-electron chi connectivity index (χ3n) is 7.86. The van der Waals surface area contributed by atoms with Gasteiger partial charge in [0.2, 0.25) is 11.8 Å². The summed E-state index contributed by atoms with van der Waals surface area (Å²) in [6.07, 6.45) is 1.15. The van der Waals surface area contributed by atoms with Crippen LogP contribution in [0.5, 0.6) is 0 Å². The van der Waals surface area contributed by atoms with Gasteiger partial charge in [-0.25, -0.2) is 0 Å². The number of hydrogen-bond donors (Lipinski definition) is 0. The molecule has 0 saturated carbocycles. The van der Waals surface area contributed by atoms with Crippen LogP contribution in [-0.2, 0) is 54.6 Å². The molecule has 8 heteroatoms. The molecule has 0 aliphatic heterocycles. The Balaban J connectivity index is 1.32. The molecule has 0 fully saturated rings. The Kier molecular flexibility index (Phi) is 14.9. The summed E-state index contributed by atoms with van der Waals surface area (Å²) in [4.78, 5) is 55.2. The van der Waals surface area contributed by atoms with Crippen LogP contribution >= 0.6 is 0 Å². The van der Waals surface area contributed by atoms with Crippen molar-refractivity contribution < 1.29 is 28.7 Å². The highest BCUT2D eigenvalue weighted by Gasteiger charge is 2.21. The van der Waals surface area contributed by atoms with Crippen molar-refractivity contribution in [2.75, 3.05) is 26.3 Å². The lowest BCUT2D eigenvalue weighted by Gasteiger charge is -2.28. The summed E-state index contributed by atoms with van der Waals surface area (Å²) in [5.74, 6) is -1.24. The number of amides is 2. The van der Waals surface area contributed by atoms with Gasteiger partial charge < -0.3 is 19.3 Å². The van der Waals surface area contributed by atoms with E-state index in [1.807, 2.05) is 121 Å². The van der Waals surface area contributed by atoms with Gasteiger partial charge >= 0.3 is 11.9 Å². The van der Waals surface area contributed by atoms with Gasteiger partial charge in [-0.3, -0.25) is 19.2 Å². The summed E-state index contributed by atoms with van der Waals surface area (Å²) in [6.45, 7) is 1.70. The van der Waals surface area contributed by atoms with E-state index in [0.29, 0.717) is 25.9 Å². The van der Waals surface area contributed by atoms with Crippen LogP contribution < -0.4 is 0 Å². The number of rotatable bonds is 19. The Bertz CT molecular complexity index is 1430. The second-order valence-electron chi connectivity index (χ2n) is 11.5. The van der Waals surface area contributed by atoms with Gasteiger partial charge in [0.1, 0.15) is 0 Å². The monoisotopic (exact) mass is 648 g/mol. The SMILES string of the molecule is O=C(CCC(=O)N(CCN(Cc1ccccc1)C(=O)CCC(=O)OCCc1ccccc1)Cc1ccccc1)OCCc1ccccc1. The van der Waals surface area contributed by atoms with Gasteiger partial charge in [0.05, 0.1) is 26.1 Å². The fraction of sp³-hybridized carbons (Fsp3) is 0.300. The maximum atomic E-state index is 13.5. The normalized spacial score (nSPS) is 10.6. The topological polar surface area (TPSA) is 93.2 Å². The molecule has 48 heavy (non-hydrogen) atoms. The zero-order valence-electron chi connectivity index (χ0n) is 27.4. The first-order valence-corrected chi connectivity index (χ1v) is 16.5. The molecule has 0 aromatic heterocycles. The predicted molar refractivity (Wildman–Crippen MR) is 184 cm³/mol. The van der Waals surface area contributed by atoms with E-state index in [4.69, 9.17) is 9.47 Å². The summed E-state index contributed by atoms with van der Waals surface area (Å²) in [5, 5.41) is 0. The molecule has 0 bridgehead atoms. The van der Waals surface area contributed by atoms with Gasteiger partial charge in [0, 0.05) is 51.9 Å². The van der Waals surface area contributed by atoms with Crippen LogP contribution in [0.4, 0.5) is 0 Å². The number of nitrogens with zero attached hydrogens (tertiary/aromatic N) is 2. The minimum atomic E-state index is -0.421. The van der Waals surface area contributed by atoms with Crippen molar-refractivity contribution in [3.8, 4) is 0 Å². The lowest BCUT2D eigenvalue weighted by Crippen LogP contribution is -2.40. The van der Waals surface area contributed by atoms with E-state index in [1.54, 1.807) is 9.80 Å². The van der Waals surface area contributed by atoms with Crippen molar-refractivity contribution in [2.45, 2.75) is 51.6 Å². The average Bonchev–Trinajstić information content (AvgIpc) is 3.12. The Labute approximate surface area is 283 Å².